The first-order valence-corrected chi connectivity index (χ1v) is 5.72. The van der Waals surface area contributed by atoms with Crippen LogP contribution in [0.1, 0.15) is 5.56 Å². The standard InChI is InChI=1S/C14H11F4NO/c1-20-13-3-2-8(4-10(13)16)7-19-12-6-9(15)5-11(17)14(12)18/h2-6,19H,7H2,1H3. The van der Waals surface area contributed by atoms with E-state index in [1.165, 1.54) is 19.2 Å². The Morgan fingerprint density at radius 3 is 2.40 bits per heavy atom. The van der Waals surface area contributed by atoms with Crippen molar-refractivity contribution in [2.24, 2.45) is 0 Å². The van der Waals surface area contributed by atoms with Gasteiger partial charge in [-0.05, 0) is 17.7 Å². The highest BCUT2D eigenvalue weighted by Crippen LogP contribution is 2.21. The third-order valence-electron chi connectivity index (χ3n) is 2.69. The number of ether oxygens (including phenoxy) is 1. The Hall–Kier alpha value is -2.24. The van der Waals surface area contributed by atoms with E-state index in [1.54, 1.807) is 6.07 Å². The summed E-state index contributed by atoms with van der Waals surface area (Å²) < 4.78 is 57.6. The predicted octanol–water partition coefficient (Wildman–Crippen LogP) is 3.86. The summed E-state index contributed by atoms with van der Waals surface area (Å²) in [6.07, 6.45) is 0. The number of benzene rings is 2. The van der Waals surface area contributed by atoms with E-state index in [1.807, 2.05) is 0 Å². The van der Waals surface area contributed by atoms with Gasteiger partial charge in [0.1, 0.15) is 5.82 Å². The summed E-state index contributed by atoms with van der Waals surface area (Å²) >= 11 is 0. The van der Waals surface area contributed by atoms with E-state index in [0.29, 0.717) is 11.6 Å². The number of nitrogens with one attached hydrogen (secondary N) is 1. The zero-order valence-electron chi connectivity index (χ0n) is 10.5. The molecule has 106 valence electrons. The Bertz CT molecular complexity index is 631. The van der Waals surface area contributed by atoms with Gasteiger partial charge in [0.25, 0.3) is 0 Å². The van der Waals surface area contributed by atoms with Crippen LogP contribution in [0.5, 0.6) is 5.75 Å². The second-order valence-electron chi connectivity index (χ2n) is 4.07. The molecule has 0 saturated carbocycles. The molecule has 0 bridgehead atoms. The Morgan fingerprint density at radius 1 is 1.00 bits per heavy atom. The highest BCUT2D eigenvalue weighted by molar-refractivity contribution is 5.46. The van der Waals surface area contributed by atoms with E-state index in [4.69, 9.17) is 4.74 Å². The van der Waals surface area contributed by atoms with Crippen LogP contribution in [0.3, 0.4) is 0 Å². The van der Waals surface area contributed by atoms with Crippen molar-refractivity contribution in [3.63, 3.8) is 0 Å². The van der Waals surface area contributed by atoms with Crippen LogP contribution in [0.15, 0.2) is 30.3 Å². The molecule has 0 spiro atoms. The van der Waals surface area contributed by atoms with E-state index in [0.717, 1.165) is 6.07 Å². The van der Waals surface area contributed by atoms with E-state index < -0.39 is 23.3 Å². The van der Waals surface area contributed by atoms with Crippen molar-refractivity contribution < 1.29 is 22.3 Å². The first-order valence-electron chi connectivity index (χ1n) is 5.72. The topological polar surface area (TPSA) is 21.3 Å². The van der Waals surface area contributed by atoms with E-state index in [9.17, 15) is 17.6 Å². The lowest BCUT2D eigenvalue weighted by atomic mass is 10.2. The van der Waals surface area contributed by atoms with E-state index in [-0.39, 0.29) is 18.0 Å². The van der Waals surface area contributed by atoms with Crippen LogP contribution in [0.4, 0.5) is 23.2 Å². The third-order valence-corrected chi connectivity index (χ3v) is 2.69. The van der Waals surface area contributed by atoms with Gasteiger partial charge in [-0.1, -0.05) is 6.07 Å². The molecule has 0 atom stereocenters. The van der Waals surface area contributed by atoms with Crippen LogP contribution in [-0.4, -0.2) is 7.11 Å². The third kappa shape index (κ3) is 3.01. The van der Waals surface area contributed by atoms with Gasteiger partial charge in [0.2, 0.25) is 0 Å². The van der Waals surface area contributed by atoms with Gasteiger partial charge < -0.3 is 10.1 Å². The average Bonchev–Trinajstić information content (AvgIpc) is 2.41. The molecule has 0 aromatic heterocycles. The van der Waals surface area contributed by atoms with Crippen LogP contribution in [-0.2, 0) is 6.54 Å². The molecule has 2 rings (SSSR count). The molecule has 0 radical (unpaired) electrons. The molecule has 0 fully saturated rings. The lowest BCUT2D eigenvalue weighted by molar-refractivity contribution is 0.386. The molecule has 6 heteroatoms. The number of hydrogen-bond acceptors (Lipinski definition) is 2. The summed E-state index contributed by atoms with van der Waals surface area (Å²) in [4.78, 5) is 0. The largest absolute Gasteiger partial charge is 0.494 e. The Labute approximate surface area is 113 Å². The second-order valence-corrected chi connectivity index (χ2v) is 4.07. The molecular formula is C14H11F4NO. The molecule has 0 aliphatic heterocycles. The summed E-state index contributed by atoms with van der Waals surface area (Å²) in [5.74, 6) is -3.85. The number of methoxy groups -OCH3 is 1. The molecule has 0 aliphatic carbocycles. The zero-order chi connectivity index (χ0) is 14.7. The molecule has 0 amide bonds. The van der Waals surface area contributed by atoms with Gasteiger partial charge in [0, 0.05) is 18.7 Å². The highest BCUT2D eigenvalue weighted by atomic mass is 19.2. The zero-order valence-corrected chi connectivity index (χ0v) is 10.5. The minimum atomic E-state index is -1.28. The number of rotatable bonds is 4. The minimum absolute atomic E-state index is 0.0146. The lowest BCUT2D eigenvalue weighted by Gasteiger charge is -2.09. The molecule has 2 nitrogen and oxygen atoms in total. The van der Waals surface area contributed by atoms with E-state index in [2.05, 4.69) is 5.32 Å². The predicted molar refractivity (Wildman–Crippen MR) is 66.6 cm³/mol. The van der Waals surface area contributed by atoms with Crippen molar-refractivity contribution >= 4 is 5.69 Å². The minimum Gasteiger partial charge on any atom is -0.494 e. The van der Waals surface area contributed by atoms with Gasteiger partial charge in [-0.25, -0.2) is 17.6 Å². The van der Waals surface area contributed by atoms with Gasteiger partial charge in [-0.2, -0.15) is 0 Å². The summed E-state index contributed by atoms with van der Waals surface area (Å²) in [7, 11) is 1.33. The molecule has 0 saturated heterocycles. The number of anilines is 1. The van der Waals surface area contributed by atoms with Crippen molar-refractivity contribution in [2.75, 3.05) is 12.4 Å². The molecule has 2 aromatic carbocycles. The van der Waals surface area contributed by atoms with E-state index >= 15 is 0 Å². The normalized spacial score (nSPS) is 10.4. The summed E-state index contributed by atoms with van der Waals surface area (Å²) in [5, 5.41) is 2.51. The molecule has 0 unspecified atom stereocenters. The fourth-order valence-electron chi connectivity index (χ4n) is 1.70. The maximum atomic E-state index is 13.4. The molecule has 20 heavy (non-hydrogen) atoms. The summed E-state index contributed by atoms with van der Waals surface area (Å²) in [6, 6.07) is 5.45. The summed E-state index contributed by atoms with van der Waals surface area (Å²) in [6.45, 7) is 0.0146. The fraction of sp³-hybridized carbons (Fsp3) is 0.143. The average molecular weight is 285 g/mol. The van der Waals surface area contributed by atoms with Gasteiger partial charge in [0.15, 0.2) is 23.2 Å². The maximum absolute atomic E-state index is 13.4. The smallest absolute Gasteiger partial charge is 0.182 e. The van der Waals surface area contributed by atoms with Crippen molar-refractivity contribution in [1.29, 1.82) is 0 Å². The SMILES string of the molecule is COc1ccc(CNc2cc(F)cc(F)c2F)cc1F. The van der Waals surface area contributed by atoms with Crippen molar-refractivity contribution in [1.82, 2.24) is 0 Å². The van der Waals surface area contributed by atoms with Crippen LogP contribution in [0.2, 0.25) is 0 Å². The molecule has 1 N–H and O–H groups in total. The second kappa shape index (κ2) is 5.81. The Balaban J connectivity index is 2.15. The van der Waals surface area contributed by atoms with Crippen LogP contribution < -0.4 is 10.1 Å². The Morgan fingerprint density at radius 2 is 1.75 bits per heavy atom. The number of halogens is 4. The Kier molecular flexibility index (Phi) is 4.12. The molecule has 2 aromatic rings. The fourth-order valence-corrected chi connectivity index (χ4v) is 1.70. The van der Waals surface area contributed by atoms with Crippen LogP contribution in [0.25, 0.3) is 0 Å². The van der Waals surface area contributed by atoms with Gasteiger partial charge in [0.05, 0.1) is 12.8 Å². The van der Waals surface area contributed by atoms with Crippen LogP contribution in [0, 0.1) is 23.3 Å². The molecular weight excluding hydrogens is 274 g/mol. The summed E-state index contributed by atoms with van der Waals surface area (Å²) in [5.41, 5.74) is 0.158. The van der Waals surface area contributed by atoms with Gasteiger partial charge in [-0.15, -0.1) is 0 Å². The lowest BCUT2D eigenvalue weighted by Crippen LogP contribution is -2.04. The monoisotopic (exact) mass is 285 g/mol. The van der Waals surface area contributed by atoms with Crippen LogP contribution >= 0.6 is 0 Å². The molecule has 0 aliphatic rings. The maximum Gasteiger partial charge on any atom is 0.182 e. The number of hydrogen-bond donors (Lipinski definition) is 1. The quantitative estimate of drug-likeness (QED) is 0.680. The highest BCUT2D eigenvalue weighted by Gasteiger charge is 2.11. The van der Waals surface area contributed by atoms with Crippen molar-refractivity contribution in [3.8, 4) is 5.75 Å². The first-order chi connectivity index (χ1) is 9.51. The van der Waals surface area contributed by atoms with Crippen molar-refractivity contribution in [3.05, 3.63) is 59.2 Å². The van der Waals surface area contributed by atoms with Gasteiger partial charge in [-0.3, -0.25) is 0 Å². The first kappa shape index (κ1) is 14.2. The van der Waals surface area contributed by atoms with Gasteiger partial charge >= 0.3 is 0 Å². The van der Waals surface area contributed by atoms with Crippen molar-refractivity contribution in [2.45, 2.75) is 6.54 Å². The molecule has 0 heterocycles.